The highest BCUT2D eigenvalue weighted by molar-refractivity contribution is 5.32. The van der Waals surface area contributed by atoms with Crippen LogP contribution in [0.2, 0.25) is 0 Å². The first kappa shape index (κ1) is 33.2. The van der Waals surface area contributed by atoms with Gasteiger partial charge in [0.15, 0.2) is 0 Å². The van der Waals surface area contributed by atoms with Gasteiger partial charge in [0, 0.05) is 5.41 Å². The number of aryl methyl sites for hydroxylation is 1. The van der Waals surface area contributed by atoms with Gasteiger partial charge in [0.1, 0.15) is 12.4 Å². The summed E-state index contributed by atoms with van der Waals surface area (Å²) in [5, 5.41) is 0. The maximum absolute atomic E-state index is 3.74. The Morgan fingerprint density at radius 1 is 0.634 bits per heavy atom. The molecule has 2 nitrogen and oxygen atoms in total. The molecule has 0 saturated carbocycles. The van der Waals surface area contributed by atoms with Crippen molar-refractivity contribution in [1.82, 2.24) is 4.98 Å². The molecule has 2 atom stereocenters. The van der Waals surface area contributed by atoms with Crippen molar-refractivity contribution in [2.24, 2.45) is 0 Å². The highest BCUT2D eigenvalue weighted by atomic mass is 15.1. The molecule has 2 heteroatoms. The van der Waals surface area contributed by atoms with E-state index in [2.05, 4.69) is 103 Å². The van der Waals surface area contributed by atoms with Crippen molar-refractivity contribution in [3.8, 4) is 0 Å². The topological polar surface area (TPSA) is 19.7 Å². The number of hydrogen-bond acceptors (Lipinski definition) is 0. The van der Waals surface area contributed by atoms with E-state index in [9.17, 15) is 0 Å². The average Bonchev–Trinajstić information content (AvgIpc) is 3.46. The first-order valence-corrected chi connectivity index (χ1v) is 17.3. The summed E-state index contributed by atoms with van der Waals surface area (Å²) in [5.74, 6) is 1.85. The lowest BCUT2D eigenvalue weighted by molar-refractivity contribution is -0.705. The Kier molecular flexibility index (Phi) is 15.9. The zero-order valence-electron chi connectivity index (χ0n) is 26.9. The fourth-order valence-corrected chi connectivity index (χ4v) is 6.78. The fourth-order valence-electron chi connectivity index (χ4n) is 6.78. The number of aromatic amines is 1. The Morgan fingerprint density at radius 3 is 1.71 bits per heavy atom. The molecule has 2 aromatic carbocycles. The third-order valence-electron chi connectivity index (χ3n) is 9.34. The predicted octanol–water partition coefficient (Wildman–Crippen LogP) is 11.3. The first-order valence-electron chi connectivity index (χ1n) is 17.3. The normalized spacial score (nSPS) is 13.7. The summed E-state index contributed by atoms with van der Waals surface area (Å²) >= 11 is 0. The fraction of sp³-hybridized carbons (Fsp3) is 0.615. The van der Waals surface area contributed by atoms with Crippen LogP contribution in [0.5, 0.6) is 0 Å². The minimum atomic E-state index is 0.0138. The molecule has 0 saturated heterocycles. The average molecular weight is 558 g/mol. The number of H-pyrrole nitrogens is 1. The van der Waals surface area contributed by atoms with Crippen LogP contribution in [0, 0.1) is 0 Å². The molecule has 0 fully saturated rings. The van der Waals surface area contributed by atoms with E-state index >= 15 is 0 Å². The molecule has 0 radical (unpaired) electrons. The van der Waals surface area contributed by atoms with Crippen LogP contribution in [0.15, 0.2) is 73.1 Å². The Labute approximate surface area is 253 Å². The first-order chi connectivity index (χ1) is 20.2. The zero-order chi connectivity index (χ0) is 29.0. The van der Waals surface area contributed by atoms with Gasteiger partial charge in [-0.15, -0.1) is 0 Å². The van der Waals surface area contributed by atoms with E-state index in [1.165, 1.54) is 126 Å². The van der Waals surface area contributed by atoms with Crippen LogP contribution >= 0.6 is 0 Å². The van der Waals surface area contributed by atoms with E-state index in [1.54, 1.807) is 0 Å². The van der Waals surface area contributed by atoms with Crippen molar-refractivity contribution in [1.29, 1.82) is 0 Å². The molecule has 0 aliphatic heterocycles. The highest BCUT2D eigenvalue weighted by Crippen LogP contribution is 2.43. The third kappa shape index (κ3) is 11.4. The van der Waals surface area contributed by atoms with Crippen LogP contribution in [0.1, 0.15) is 153 Å². The number of hydrogen-bond donors (Lipinski definition) is 1. The van der Waals surface area contributed by atoms with Gasteiger partial charge in [0.2, 0.25) is 0 Å². The third-order valence-corrected chi connectivity index (χ3v) is 9.34. The molecule has 0 aliphatic carbocycles. The lowest BCUT2D eigenvalue weighted by atomic mass is 9.66. The van der Waals surface area contributed by atoms with E-state index in [0.717, 1.165) is 13.0 Å². The minimum absolute atomic E-state index is 0.0138. The minimum Gasteiger partial charge on any atom is -0.247 e. The van der Waals surface area contributed by atoms with E-state index in [4.69, 9.17) is 0 Å². The standard InChI is InChI=1S/C39H60N2/c1-4-6-8-9-10-11-12-13-14-15-16-17-18-25-32-41-33-31-40-38(41)37(30-7-5-2)39(3,36-28-23-20-24-29-36)34-35-26-21-19-22-27-35/h19-24,26-29,31,33,37H,4-18,25,30,32,34H2,1-3H3/p+1. The summed E-state index contributed by atoms with van der Waals surface area (Å²) in [4.78, 5) is 3.74. The SMILES string of the molecule is CCCCCCCCCCCCCCCC[n+]1cc[nH]c1C(CCCC)C(C)(Cc1ccccc1)c1ccccc1. The van der Waals surface area contributed by atoms with E-state index < -0.39 is 0 Å². The predicted molar refractivity (Wildman–Crippen MR) is 178 cm³/mol. The molecule has 1 heterocycles. The lowest BCUT2D eigenvalue weighted by Gasteiger charge is -2.37. The van der Waals surface area contributed by atoms with Gasteiger partial charge >= 0.3 is 0 Å². The van der Waals surface area contributed by atoms with E-state index in [-0.39, 0.29) is 5.41 Å². The van der Waals surface area contributed by atoms with Gasteiger partial charge in [0.25, 0.3) is 5.82 Å². The van der Waals surface area contributed by atoms with Crippen LogP contribution in [0.4, 0.5) is 0 Å². The number of benzene rings is 2. The second-order valence-electron chi connectivity index (χ2n) is 12.8. The molecule has 0 spiro atoms. The van der Waals surface area contributed by atoms with Crippen LogP contribution in [-0.4, -0.2) is 4.98 Å². The Hall–Kier alpha value is -2.35. The zero-order valence-corrected chi connectivity index (χ0v) is 26.9. The van der Waals surface area contributed by atoms with Gasteiger partial charge in [-0.1, -0.05) is 171 Å². The van der Waals surface area contributed by atoms with Crippen molar-refractivity contribution in [3.05, 3.63) is 90.0 Å². The van der Waals surface area contributed by atoms with Crippen LogP contribution in [0.25, 0.3) is 0 Å². The molecule has 3 rings (SSSR count). The molecule has 41 heavy (non-hydrogen) atoms. The van der Waals surface area contributed by atoms with Gasteiger partial charge in [0.05, 0.1) is 12.5 Å². The van der Waals surface area contributed by atoms with Crippen LogP contribution < -0.4 is 4.57 Å². The monoisotopic (exact) mass is 557 g/mol. The summed E-state index contributed by atoms with van der Waals surface area (Å²) in [5.41, 5.74) is 2.88. The van der Waals surface area contributed by atoms with E-state index in [0.29, 0.717) is 5.92 Å². The smallest absolute Gasteiger partial charge is 0.247 e. The summed E-state index contributed by atoms with van der Waals surface area (Å²) < 4.78 is 2.55. The molecular formula is C39H61N2+. The van der Waals surface area contributed by atoms with Gasteiger partial charge in [-0.05, 0) is 36.8 Å². The maximum Gasteiger partial charge on any atom is 0.258 e. The van der Waals surface area contributed by atoms with Crippen molar-refractivity contribution in [2.45, 2.75) is 154 Å². The van der Waals surface area contributed by atoms with Crippen LogP contribution in [0.3, 0.4) is 0 Å². The summed E-state index contributed by atoms with van der Waals surface area (Å²) in [7, 11) is 0. The summed E-state index contributed by atoms with van der Waals surface area (Å²) in [6, 6.07) is 22.4. The molecule has 226 valence electrons. The highest BCUT2D eigenvalue weighted by Gasteiger charge is 2.41. The van der Waals surface area contributed by atoms with Crippen LogP contribution in [-0.2, 0) is 18.4 Å². The van der Waals surface area contributed by atoms with Gasteiger partial charge in [-0.25, -0.2) is 9.55 Å². The number of imidazole rings is 1. The lowest BCUT2D eigenvalue weighted by Crippen LogP contribution is -2.43. The quantitative estimate of drug-likeness (QED) is 0.0883. The number of nitrogens with one attached hydrogen (secondary N) is 1. The second kappa shape index (κ2) is 19.7. The molecule has 2 unspecified atom stereocenters. The summed E-state index contributed by atoms with van der Waals surface area (Å²) in [6.07, 6.45) is 28.9. The molecule has 3 aromatic rings. The van der Waals surface area contributed by atoms with Crippen molar-refractivity contribution in [2.75, 3.05) is 0 Å². The van der Waals surface area contributed by atoms with E-state index in [1.807, 2.05) is 0 Å². The second-order valence-corrected chi connectivity index (χ2v) is 12.8. The number of nitrogens with zero attached hydrogens (tertiary/aromatic N) is 1. The summed E-state index contributed by atoms with van der Waals surface area (Å²) in [6.45, 7) is 8.25. The molecule has 1 N–H and O–H groups in total. The van der Waals surface area contributed by atoms with Crippen molar-refractivity contribution < 1.29 is 4.57 Å². The Bertz CT molecular complexity index is 1020. The number of rotatable bonds is 23. The van der Waals surface area contributed by atoms with Gasteiger partial charge < -0.3 is 0 Å². The largest absolute Gasteiger partial charge is 0.258 e. The number of unbranched alkanes of at least 4 members (excludes halogenated alkanes) is 14. The molecule has 0 amide bonds. The molecular weight excluding hydrogens is 496 g/mol. The molecule has 0 bridgehead atoms. The molecule has 0 aliphatic rings. The molecule has 1 aromatic heterocycles. The van der Waals surface area contributed by atoms with Crippen molar-refractivity contribution >= 4 is 0 Å². The number of aromatic nitrogens is 2. The van der Waals surface area contributed by atoms with Crippen molar-refractivity contribution in [3.63, 3.8) is 0 Å². The Balaban J connectivity index is 1.53. The Morgan fingerprint density at radius 2 is 1.15 bits per heavy atom. The van der Waals surface area contributed by atoms with Gasteiger partial charge in [-0.2, -0.15) is 0 Å². The maximum atomic E-state index is 3.74. The van der Waals surface area contributed by atoms with Gasteiger partial charge in [-0.3, -0.25) is 0 Å².